The molecule has 0 saturated heterocycles. The highest BCUT2D eigenvalue weighted by Crippen LogP contribution is 2.08. The Morgan fingerprint density at radius 1 is 0.929 bits per heavy atom. The molecule has 0 spiro atoms. The molecule has 0 fully saturated rings. The third-order valence-electron chi connectivity index (χ3n) is 4.47. The molecule has 0 aliphatic rings. The fourth-order valence-corrected chi connectivity index (χ4v) is 2.86. The number of carbonyl (C=O) groups is 2. The molecule has 150 valence electrons. The van der Waals surface area contributed by atoms with Gasteiger partial charge in [0.25, 0.3) is 5.91 Å². The Kier molecular flexibility index (Phi) is 9.80. The van der Waals surface area contributed by atoms with Gasteiger partial charge in [-0.25, -0.2) is 5.48 Å². The fraction of sp³-hybridized carbons (Fsp3) is 0.391. The molecule has 2 rings (SSSR count). The van der Waals surface area contributed by atoms with Gasteiger partial charge in [0.05, 0.1) is 0 Å². The molecule has 0 bridgehead atoms. The minimum absolute atomic E-state index is 0.145. The molecule has 2 amide bonds. The molecule has 0 unspecified atom stereocenters. The van der Waals surface area contributed by atoms with E-state index in [0.717, 1.165) is 31.2 Å². The molecule has 0 heterocycles. The van der Waals surface area contributed by atoms with Crippen LogP contribution in [0.5, 0.6) is 0 Å². The monoisotopic (exact) mass is 382 g/mol. The summed E-state index contributed by atoms with van der Waals surface area (Å²) in [4.78, 5) is 31.3. The molecule has 0 aliphatic carbocycles. The van der Waals surface area contributed by atoms with Crippen molar-refractivity contribution >= 4 is 11.8 Å². The Bertz CT molecular complexity index is 704. The van der Waals surface area contributed by atoms with Gasteiger partial charge in [0.15, 0.2) is 6.61 Å². The first-order valence-electron chi connectivity index (χ1n) is 9.95. The Balaban J connectivity index is 1.86. The lowest BCUT2D eigenvalue weighted by Gasteiger charge is -2.23. The number of benzene rings is 2. The van der Waals surface area contributed by atoms with Gasteiger partial charge in [0.1, 0.15) is 0 Å². The highest BCUT2D eigenvalue weighted by molar-refractivity contribution is 5.78. The van der Waals surface area contributed by atoms with Crippen LogP contribution in [0.25, 0.3) is 0 Å². The highest BCUT2D eigenvalue weighted by atomic mass is 16.7. The third-order valence-corrected chi connectivity index (χ3v) is 4.47. The summed E-state index contributed by atoms with van der Waals surface area (Å²) in [5.74, 6) is -0.325. The Hall–Kier alpha value is -2.66. The van der Waals surface area contributed by atoms with Crippen molar-refractivity contribution in [2.75, 3.05) is 13.2 Å². The van der Waals surface area contributed by atoms with Gasteiger partial charge in [-0.05, 0) is 24.0 Å². The smallest absolute Gasteiger partial charge is 0.251 e. The van der Waals surface area contributed by atoms with Gasteiger partial charge in [-0.3, -0.25) is 14.4 Å². The Morgan fingerprint density at radius 3 is 2.21 bits per heavy atom. The van der Waals surface area contributed by atoms with E-state index in [1.807, 2.05) is 48.5 Å². The minimum atomic E-state index is -0.180. The van der Waals surface area contributed by atoms with Gasteiger partial charge >= 0.3 is 0 Å². The van der Waals surface area contributed by atoms with E-state index in [-0.39, 0.29) is 18.4 Å². The second kappa shape index (κ2) is 12.7. The zero-order valence-corrected chi connectivity index (χ0v) is 16.6. The zero-order valence-electron chi connectivity index (χ0n) is 16.6. The average Bonchev–Trinajstić information content (AvgIpc) is 2.72. The second-order valence-corrected chi connectivity index (χ2v) is 6.81. The highest BCUT2D eigenvalue weighted by Gasteiger charge is 2.15. The lowest BCUT2D eigenvalue weighted by molar-refractivity contribution is -0.145. The van der Waals surface area contributed by atoms with E-state index in [2.05, 4.69) is 24.5 Å². The largest absolute Gasteiger partial charge is 0.336 e. The third kappa shape index (κ3) is 8.35. The van der Waals surface area contributed by atoms with E-state index in [9.17, 15) is 9.59 Å². The Morgan fingerprint density at radius 2 is 1.57 bits per heavy atom. The van der Waals surface area contributed by atoms with Crippen molar-refractivity contribution in [3.05, 3.63) is 71.8 Å². The summed E-state index contributed by atoms with van der Waals surface area (Å²) in [5, 5.41) is 0. The van der Waals surface area contributed by atoms with Crippen LogP contribution in [0, 0.1) is 0 Å². The predicted octanol–water partition coefficient (Wildman–Crippen LogP) is 3.89. The normalized spacial score (nSPS) is 10.5. The molecule has 0 aliphatic heterocycles. The first kappa shape index (κ1) is 21.6. The summed E-state index contributed by atoms with van der Waals surface area (Å²) in [5.41, 5.74) is 4.62. The topological polar surface area (TPSA) is 58.6 Å². The van der Waals surface area contributed by atoms with Crippen LogP contribution in [0.4, 0.5) is 0 Å². The van der Waals surface area contributed by atoms with Gasteiger partial charge in [0.2, 0.25) is 5.91 Å². The van der Waals surface area contributed by atoms with E-state index < -0.39 is 0 Å². The van der Waals surface area contributed by atoms with E-state index in [1.165, 1.54) is 5.56 Å². The van der Waals surface area contributed by atoms with Gasteiger partial charge in [-0.15, -0.1) is 0 Å². The number of unbranched alkanes of at least 4 members (excludes halogenated alkanes) is 2. The van der Waals surface area contributed by atoms with Crippen LogP contribution in [0.3, 0.4) is 0 Å². The summed E-state index contributed by atoms with van der Waals surface area (Å²) >= 11 is 0. The fourth-order valence-electron chi connectivity index (χ4n) is 2.86. The van der Waals surface area contributed by atoms with Crippen molar-refractivity contribution < 1.29 is 14.4 Å². The van der Waals surface area contributed by atoms with Crippen LogP contribution >= 0.6 is 0 Å². The predicted molar refractivity (Wildman–Crippen MR) is 110 cm³/mol. The molecule has 2 aromatic carbocycles. The van der Waals surface area contributed by atoms with Crippen LogP contribution in [0.1, 0.15) is 43.7 Å². The van der Waals surface area contributed by atoms with E-state index in [4.69, 9.17) is 4.84 Å². The average molecular weight is 383 g/mol. The number of hydrogen-bond acceptors (Lipinski definition) is 3. The minimum Gasteiger partial charge on any atom is -0.336 e. The van der Waals surface area contributed by atoms with Crippen molar-refractivity contribution in [2.24, 2.45) is 0 Å². The van der Waals surface area contributed by atoms with Crippen molar-refractivity contribution in [2.45, 2.75) is 45.6 Å². The molecular weight excluding hydrogens is 352 g/mol. The lowest BCUT2D eigenvalue weighted by atomic mass is 10.1. The van der Waals surface area contributed by atoms with Gasteiger partial charge in [-0.1, -0.05) is 80.4 Å². The summed E-state index contributed by atoms with van der Waals surface area (Å²) in [6.45, 7) is 3.02. The van der Waals surface area contributed by atoms with Crippen molar-refractivity contribution in [3.8, 4) is 0 Å². The lowest BCUT2D eigenvalue weighted by Crippen LogP contribution is -2.37. The van der Waals surface area contributed by atoms with Crippen LogP contribution < -0.4 is 5.48 Å². The number of rotatable bonds is 12. The number of nitrogens with zero attached hydrogens (tertiary/aromatic N) is 1. The van der Waals surface area contributed by atoms with Gasteiger partial charge in [0, 0.05) is 19.5 Å². The van der Waals surface area contributed by atoms with Crippen molar-refractivity contribution in [3.63, 3.8) is 0 Å². The number of carbonyl (C=O) groups excluding carboxylic acids is 2. The molecule has 0 atom stereocenters. The molecule has 0 saturated carbocycles. The number of amides is 2. The van der Waals surface area contributed by atoms with Crippen LogP contribution in [0.2, 0.25) is 0 Å². The van der Waals surface area contributed by atoms with E-state index in [1.54, 1.807) is 4.90 Å². The van der Waals surface area contributed by atoms with Crippen LogP contribution in [0.15, 0.2) is 60.7 Å². The maximum atomic E-state index is 12.7. The maximum absolute atomic E-state index is 12.7. The molecule has 0 radical (unpaired) electrons. The quantitative estimate of drug-likeness (QED) is 0.448. The van der Waals surface area contributed by atoms with Crippen molar-refractivity contribution in [1.29, 1.82) is 0 Å². The molecule has 28 heavy (non-hydrogen) atoms. The van der Waals surface area contributed by atoms with Crippen molar-refractivity contribution in [1.82, 2.24) is 10.4 Å². The zero-order chi connectivity index (χ0) is 20.0. The van der Waals surface area contributed by atoms with Crippen LogP contribution in [-0.4, -0.2) is 29.9 Å². The summed E-state index contributed by atoms with van der Waals surface area (Å²) < 4.78 is 0. The Labute approximate surface area is 167 Å². The number of hydrogen-bond donors (Lipinski definition) is 1. The molecule has 2 aromatic rings. The number of hydroxylamine groups is 1. The SMILES string of the molecule is CCCCCC(=O)NOCC(=O)N(CCc1ccccc1)Cc1ccccc1. The van der Waals surface area contributed by atoms with Gasteiger partial charge < -0.3 is 4.90 Å². The van der Waals surface area contributed by atoms with E-state index >= 15 is 0 Å². The number of nitrogens with one attached hydrogen (secondary N) is 1. The second-order valence-electron chi connectivity index (χ2n) is 6.81. The first-order valence-corrected chi connectivity index (χ1v) is 9.95. The molecule has 5 heteroatoms. The summed E-state index contributed by atoms with van der Waals surface area (Å²) in [6, 6.07) is 20.0. The van der Waals surface area contributed by atoms with E-state index in [0.29, 0.717) is 19.5 Å². The molecular formula is C23H30N2O3. The van der Waals surface area contributed by atoms with Crippen LogP contribution in [-0.2, 0) is 27.4 Å². The summed E-state index contributed by atoms with van der Waals surface area (Å²) in [6.07, 6.45) is 4.09. The van der Waals surface area contributed by atoms with Gasteiger partial charge in [-0.2, -0.15) is 0 Å². The summed E-state index contributed by atoms with van der Waals surface area (Å²) in [7, 11) is 0. The molecule has 1 N–H and O–H groups in total. The molecule has 5 nitrogen and oxygen atoms in total. The standard InChI is InChI=1S/C23H30N2O3/c1-2-3-6-15-22(26)24-28-19-23(27)25(18-21-13-9-5-10-14-21)17-16-20-11-7-4-8-12-20/h4-5,7-14H,2-3,6,15-19H2,1H3,(H,24,26). The molecule has 0 aromatic heterocycles. The first-order chi connectivity index (χ1) is 13.7. The maximum Gasteiger partial charge on any atom is 0.251 e.